The van der Waals surface area contributed by atoms with Crippen molar-refractivity contribution in [2.24, 2.45) is 0 Å². The van der Waals surface area contributed by atoms with Crippen molar-refractivity contribution < 1.29 is 0 Å². The lowest BCUT2D eigenvalue weighted by atomic mass is 9.97. The van der Waals surface area contributed by atoms with Crippen molar-refractivity contribution in [1.82, 2.24) is 14.5 Å². The van der Waals surface area contributed by atoms with Gasteiger partial charge in [-0.1, -0.05) is 115 Å². The maximum absolute atomic E-state index is 5.19. The summed E-state index contributed by atoms with van der Waals surface area (Å²) < 4.78 is 2.20. The van der Waals surface area contributed by atoms with Crippen LogP contribution in [-0.4, -0.2) is 14.5 Å². The third-order valence-electron chi connectivity index (χ3n) is 7.61. The van der Waals surface area contributed by atoms with Crippen LogP contribution in [0.5, 0.6) is 0 Å². The monoisotopic (exact) mass is 497 g/mol. The molecule has 0 unspecified atom stereocenters. The molecule has 39 heavy (non-hydrogen) atoms. The highest BCUT2D eigenvalue weighted by Gasteiger charge is 2.18. The second-order valence-electron chi connectivity index (χ2n) is 9.87. The number of hydrogen-bond acceptors (Lipinski definition) is 2. The van der Waals surface area contributed by atoms with Gasteiger partial charge in [-0.2, -0.15) is 0 Å². The first-order valence-electron chi connectivity index (χ1n) is 13.2. The van der Waals surface area contributed by atoms with E-state index in [9.17, 15) is 0 Å². The molecule has 0 aliphatic heterocycles. The molecule has 6 aromatic carbocycles. The van der Waals surface area contributed by atoms with Crippen LogP contribution in [0.15, 0.2) is 140 Å². The van der Waals surface area contributed by atoms with Crippen LogP contribution < -0.4 is 0 Å². The van der Waals surface area contributed by atoms with Gasteiger partial charge in [-0.25, -0.2) is 9.97 Å². The second-order valence-corrected chi connectivity index (χ2v) is 9.87. The van der Waals surface area contributed by atoms with Crippen LogP contribution in [0.1, 0.15) is 0 Å². The summed E-state index contributed by atoms with van der Waals surface area (Å²) >= 11 is 0. The number of fused-ring (bicyclic) bond motifs is 5. The van der Waals surface area contributed by atoms with Gasteiger partial charge in [-0.3, -0.25) is 4.57 Å². The molecule has 0 radical (unpaired) electrons. The van der Waals surface area contributed by atoms with Crippen LogP contribution in [0.3, 0.4) is 0 Å². The molecule has 2 aromatic heterocycles. The summed E-state index contributed by atoms with van der Waals surface area (Å²) in [7, 11) is 0. The average molecular weight is 498 g/mol. The van der Waals surface area contributed by atoms with Crippen LogP contribution in [-0.2, 0) is 0 Å². The van der Waals surface area contributed by atoms with Crippen LogP contribution >= 0.6 is 0 Å². The number of benzene rings is 6. The quantitative estimate of drug-likeness (QED) is 0.244. The number of rotatable bonds is 3. The van der Waals surface area contributed by atoms with Gasteiger partial charge < -0.3 is 0 Å². The molecule has 0 saturated heterocycles. The normalized spacial score (nSPS) is 11.6. The summed E-state index contributed by atoms with van der Waals surface area (Å²) in [5, 5.41) is 5.93. The number of aromatic nitrogens is 3. The molecule has 3 heteroatoms. The lowest BCUT2D eigenvalue weighted by Gasteiger charge is -2.12. The molecule has 0 atom stereocenters. The highest BCUT2D eigenvalue weighted by Crippen LogP contribution is 2.37. The van der Waals surface area contributed by atoms with E-state index in [1.807, 2.05) is 18.2 Å². The van der Waals surface area contributed by atoms with E-state index in [0.717, 1.165) is 33.2 Å². The Labute approximate surface area is 225 Å². The first-order chi connectivity index (χ1) is 19.3. The number of para-hydroxylation sites is 2. The maximum Gasteiger partial charge on any atom is 0.235 e. The fourth-order valence-corrected chi connectivity index (χ4v) is 5.81. The summed E-state index contributed by atoms with van der Waals surface area (Å²) in [6.07, 6.45) is 0. The van der Waals surface area contributed by atoms with E-state index in [0.29, 0.717) is 5.95 Å². The summed E-state index contributed by atoms with van der Waals surface area (Å²) in [6, 6.07) is 49.0. The minimum absolute atomic E-state index is 0.677. The first kappa shape index (κ1) is 21.8. The summed E-state index contributed by atoms with van der Waals surface area (Å²) in [5.41, 5.74) is 7.57. The molecule has 0 aliphatic carbocycles. The van der Waals surface area contributed by atoms with E-state index in [4.69, 9.17) is 9.97 Å². The highest BCUT2D eigenvalue weighted by molar-refractivity contribution is 6.11. The molecule has 8 rings (SSSR count). The van der Waals surface area contributed by atoms with Gasteiger partial charge in [-0.15, -0.1) is 0 Å². The van der Waals surface area contributed by atoms with E-state index >= 15 is 0 Å². The van der Waals surface area contributed by atoms with Crippen LogP contribution in [0, 0.1) is 0 Å². The van der Waals surface area contributed by atoms with Gasteiger partial charge in [0.15, 0.2) is 0 Å². The minimum Gasteiger partial charge on any atom is -0.278 e. The van der Waals surface area contributed by atoms with E-state index in [1.54, 1.807) is 0 Å². The van der Waals surface area contributed by atoms with Crippen molar-refractivity contribution in [3.05, 3.63) is 140 Å². The molecule has 0 aliphatic rings. The minimum atomic E-state index is 0.677. The van der Waals surface area contributed by atoms with Gasteiger partial charge >= 0.3 is 0 Å². The number of hydrogen-bond donors (Lipinski definition) is 0. The van der Waals surface area contributed by atoms with Crippen LogP contribution in [0.25, 0.3) is 71.8 Å². The molecule has 8 aromatic rings. The third-order valence-corrected chi connectivity index (χ3v) is 7.61. The van der Waals surface area contributed by atoms with E-state index in [2.05, 4.69) is 126 Å². The van der Waals surface area contributed by atoms with Gasteiger partial charge in [0.25, 0.3) is 0 Å². The Kier molecular flexibility index (Phi) is 4.82. The molecule has 0 bridgehead atoms. The summed E-state index contributed by atoms with van der Waals surface area (Å²) in [5.74, 6) is 0.677. The lowest BCUT2D eigenvalue weighted by Crippen LogP contribution is -2.03. The van der Waals surface area contributed by atoms with Crippen molar-refractivity contribution in [3.63, 3.8) is 0 Å². The first-order valence-corrected chi connectivity index (χ1v) is 13.2. The Bertz CT molecular complexity index is 2170. The molecule has 0 spiro atoms. The zero-order chi connectivity index (χ0) is 25.8. The maximum atomic E-state index is 5.19. The Balaban J connectivity index is 1.42. The van der Waals surface area contributed by atoms with Gasteiger partial charge in [0.2, 0.25) is 5.95 Å². The van der Waals surface area contributed by atoms with Gasteiger partial charge in [0.1, 0.15) is 0 Å². The Morgan fingerprint density at radius 3 is 2.03 bits per heavy atom. The standard InChI is InChI=1S/C36H23N3/c1-2-12-25(13-3-1)35-30-17-6-8-19-32(30)37-36(38-35)39-33-20-9-7-16-29(33)31-23-26(21-22-34(31)39)28-18-10-14-24-11-4-5-15-27(24)28/h1-23H. The third kappa shape index (κ3) is 3.44. The van der Waals surface area contributed by atoms with Crippen molar-refractivity contribution in [3.8, 4) is 28.3 Å². The summed E-state index contributed by atoms with van der Waals surface area (Å²) in [6.45, 7) is 0. The molecule has 182 valence electrons. The summed E-state index contributed by atoms with van der Waals surface area (Å²) in [4.78, 5) is 10.3. The van der Waals surface area contributed by atoms with E-state index in [1.165, 1.54) is 32.7 Å². The predicted molar refractivity (Wildman–Crippen MR) is 162 cm³/mol. The molecule has 3 nitrogen and oxygen atoms in total. The number of nitrogens with zero attached hydrogens (tertiary/aromatic N) is 3. The lowest BCUT2D eigenvalue weighted by molar-refractivity contribution is 1.01. The molecule has 0 fully saturated rings. The Morgan fingerprint density at radius 1 is 0.436 bits per heavy atom. The van der Waals surface area contributed by atoms with Crippen molar-refractivity contribution in [1.29, 1.82) is 0 Å². The molecular formula is C36H23N3. The zero-order valence-corrected chi connectivity index (χ0v) is 21.1. The second kappa shape index (κ2) is 8.64. The van der Waals surface area contributed by atoms with Crippen molar-refractivity contribution >= 4 is 43.5 Å². The fourth-order valence-electron chi connectivity index (χ4n) is 5.81. The Morgan fingerprint density at radius 2 is 1.13 bits per heavy atom. The molecule has 0 saturated carbocycles. The zero-order valence-electron chi connectivity index (χ0n) is 21.1. The van der Waals surface area contributed by atoms with Gasteiger partial charge in [0, 0.05) is 21.7 Å². The molecular weight excluding hydrogens is 474 g/mol. The van der Waals surface area contributed by atoms with Gasteiger partial charge in [-0.05, 0) is 46.2 Å². The predicted octanol–water partition coefficient (Wildman–Crippen LogP) is 9.21. The topological polar surface area (TPSA) is 30.7 Å². The largest absolute Gasteiger partial charge is 0.278 e. The van der Waals surface area contributed by atoms with E-state index in [-0.39, 0.29) is 0 Å². The average Bonchev–Trinajstić information content (AvgIpc) is 3.34. The van der Waals surface area contributed by atoms with Crippen molar-refractivity contribution in [2.45, 2.75) is 0 Å². The highest BCUT2D eigenvalue weighted by atomic mass is 15.2. The molecule has 2 heterocycles. The SMILES string of the molecule is c1ccc(-c2nc(-n3c4ccccc4c4cc(-c5cccc6ccccc56)ccc43)nc3ccccc23)cc1. The van der Waals surface area contributed by atoms with Crippen LogP contribution in [0.4, 0.5) is 0 Å². The fraction of sp³-hybridized carbons (Fsp3) is 0. The molecule has 0 N–H and O–H groups in total. The van der Waals surface area contributed by atoms with Crippen LogP contribution in [0.2, 0.25) is 0 Å². The van der Waals surface area contributed by atoms with E-state index < -0.39 is 0 Å². The smallest absolute Gasteiger partial charge is 0.235 e. The van der Waals surface area contributed by atoms with Gasteiger partial charge in [0.05, 0.1) is 22.2 Å². The van der Waals surface area contributed by atoms with Crippen molar-refractivity contribution in [2.75, 3.05) is 0 Å². The Hall–Kier alpha value is -5.28. The molecule has 0 amide bonds.